The smallest absolute Gasteiger partial charge is 0.243 e. The summed E-state index contributed by atoms with van der Waals surface area (Å²) in [6, 6.07) is 3.59. The van der Waals surface area contributed by atoms with Crippen LogP contribution in [0.25, 0.3) is 0 Å². The molecule has 2 aromatic heterocycles. The third-order valence-electron chi connectivity index (χ3n) is 2.49. The Morgan fingerprint density at radius 1 is 1.33 bits per heavy atom. The Morgan fingerprint density at radius 3 is 2.76 bits per heavy atom. The molecule has 0 bridgehead atoms. The van der Waals surface area contributed by atoms with Crippen molar-refractivity contribution in [2.45, 2.75) is 17.9 Å². The largest absolute Gasteiger partial charge is 0.467 e. The third-order valence-corrected chi connectivity index (χ3v) is 4.10. The lowest BCUT2D eigenvalue weighted by atomic mass is 10.4. The van der Waals surface area contributed by atoms with Crippen molar-refractivity contribution in [1.29, 1.82) is 0 Å². The Labute approximate surface area is 127 Å². The van der Waals surface area contributed by atoms with E-state index in [-0.39, 0.29) is 16.7 Å². The molecule has 0 saturated heterocycles. The molecule has 7 nitrogen and oxygen atoms in total. The van der Waals surface area contributed by atoms with Crippen LogP contribution in [0, 0.1) is 0 Å². The zero-order chi connectivity index (χ0) is 15.1. The summed E-state index contributed by atoms with van der Waals surface area (Å²) in [4.78, 5) is 7.24. The van der Waals surface area contributed by atoms with Gasteiger partial charge in [0.05, 0.1) is 18.7 Å². The minimum absolute atomic E-state index is 0.000256. The minimum atomic E-state index is -3.62. The third kappa shape index (κ3) is 5.09. The molecule has 0 amide bonds. The zero-order valence-electron chi connectivity index (χ0n) is 11.0. The summed E-state index contributed by atoms with van der Waals surface area (Å²) >= 11 is 5.50. The van der Waals surface area contributed by atoms with Crippen LogP contribution in [0.2, 0.25) is 5.28 Å². The molecule has 0 radical (unpaired) electrons. The number of nitrogens with one attached hydrogen (secondary N) is 1. The van der Waals surface area contributed by atoms with Gasteiger partial charge < -0.3 is 9.15 Å². The van der Waals surface area contributed by atoms with Crippen LogP contribution in [-0.4, -0.2) is 31.5 Å². The Kier molecular flexibility index (Phi) is 5.68. The van der Waals surface area contributed by atoms with Crippen LogP contribution in [0.5, 0.6) is 0 Å². The standard InChI is InChI=1S/C12H14ClN3O4S/c13-12-14-7-11(8-15-12)21(17,18)16-4-2-5-19-9-10-3-1-6-20-10/h1,3,6-8,16H,2,4-5,9H2. The van der Waals surface area contributed by atoms with Gasteiger partial charge in [0.15, 0.2) is 0 Å². The molecule has 2 heterocycles. The van der Waals surface area contributed by atoms with Crippen LogP contribution >= 0.6 is 11.6 Å². The molecular formula is C12H14ClN3O4S. The second kappa shape index (κ2) is 7.51. The van der Waals surface area contributed by atoms with E-state index in [1.54, 1.807) is 12.3 Å². The average molecular weight is 332 g/mol. The van der Waals surface area contributed by atoms with Gasteiger partial charge in [-0.1, -0.05) is 0 Å². The van der Waals surface area contributed by atoms with Gasteiger partial charge in [0.25, 0.3) is 0 Å². The van der Waals surface area contributed by atoms with Crippen molar-refractivity contribution < 1.29 is 17.6 Å². The number of furan rings is 1. The second-order valence-electron chi connectivity index (χ2n) is 4.07. The van der Waals surface area contributed by atoms with E-state index < -0.39 is 10.0 Å². The lowest BCUT2D eigenvalue weighted by Gasteiger charge is -2.06. The van der Waals surface area contributed by atoms with Gasteiger partial charge in [-0.05, 0) is 30.2 Å². The molecule has 0 spiro atoms. The van der Waals surface area contributed by atoms with E-state index in [0.29, 0.717) is 19.6 Å². The van der Waals surface area contributed by atoms with Gasteiger partial charge in [0.1, 0.15) is 17.3 Å². The second-order valence-corrected chi connectivity index (χ2v) is 6.18. The first-order chi connectivity index (χ1) is 10.1. The first-order valence-corrected chi connectivity index (χ1v) is 8.01. The highest BCUT2D eigenvalue weighted by Crippen LogP contribution is 2.07. The molecule has 0 aliphatic heterocycles. The Hall–Kier alpha value is -1.48. The van der Waals surface area contributed by atoms with Crippen LogP contribution in [0.15, 0.2) is 40.1 Å². The number of halogens is 1. The predicted octanol–water partition coefficient (Wildman–Crippen LogP) is 1.61. The number of nitrogens with zero attached hydrogens (tertiary/aromatic N) is 2. The summed E-state index contributed by atoms with van der Waals surface area (Å²) in [5.74, 6) is 0.730. The van der Waals surface area contributed by atoms with E-state index in [4.69, 9.17) is 20.8 Å². The molecule has 0 aliphatic carbocycles. The molecule has 9 heteroatoms. The summed E-state index contributed by atoms with van der Waals surface area (Å²) in [7, 11) is -3.62. The molecule has 0 aliphatic rings. The van der Waals surface area contributed by atoms with Gasteiger partial charge in [-0.3, -0.25) is 0 Å². The quantitative estimate of drug-likeness (QED) is 0.583. The minimum Gasteiger partial charge on any atom is -0.467 e. The first kappa shape index (κ1) is 15.9. The van der Waals surface area contributed by atoms with Crippen molar-refractivity contribution >= 4 is 21.6 Å². The molecule has 0 fully saturated rings. The first-order valence-electron chi connectivity index (χ1n) is 6.15. The Morgan fingerprint density at radius 2 is 2.10 bits per heavy atom. The van der Waals surface area contributed by atoms with Gasteiger partial charge in [-0.25, -0.2) is 23.1 Å². The molecule has 1 N–H and O–H groups in total. The highest BCUT2D eigenvalue weighted by atomic mass is 35.5. The number of ether oxygens (including phenoxy) is 1. The number of hydrogen-bond donors (Lipinski definition) is 1. The molecule has 0 saturated carbocycles. The van der Waals surface area contributed by atoms with Crippen molar-refractivity contribution in [3.05, 3.63) is 41.8 Å². The van der Waals surface area contributed by atoms with Crippen molar-refractivity contribution in [3.63, 3.8) is 0 Å². The zero-order valence-corrected chi connectivity index (χ0v) is 12.6. The number of rotatable bonds is 8. The van der Waals surface area contributed by atoms with Gasteiger partial charge in [-0.2, -0.15) is 0 Å². The van der Waals surface area contributed by atoms with Crippen molar-refractivity contribution in [3.8, 4) is 0 Å². The summed E-state index contributed by atoms with van der Waals surface area (Å²) in [6.45, 7) is 1.04. The Balaban J connectivity index is 1.69. The lowest BCUT2D eigenvalue weighted by Crippen LogP contribution is -2.25. The normalized spacial score (nSPS) is 11.7. The molecule has 0 atom stereocenters. The van der Waals surface area contributed by atoms with Crippen LogP contribution in [0.3, 0.4) is 0 Å². The maximum Gasteiger partial charge on any atom is 0.243 e. The fourth-order valence-corrected chi connectivity index (χ4v) is 2.53. The maximum atomic E-state index is 11.9. The van der Waals surface area contributed by atoms with E-state index in [1.807, 2.05) is 6.07 Å². The van der Waals surface area contributed by atoms with Crippen molar-refractivity contribution in [2.24, 2.45) is 0 Å². The fraction of sp³-hybridized carbons (Fsp3) is 0.333. The Bertz CT molecular complexity index is 644. The van der Waals surface area contributed by atoms with E-state index in [9.17, 15) is 8.42 Å². The van der Waals surface area contributed by atoms with Gasteiger partial charge >= 0.3 is 0 Å². The number of aromatic nitrogens is 2. The lowest BCUT2D eigenvalue weighted by molar-refractivity contribution is 0.105. The molecule has 2 aromatic rings. The van der Waals surface area contributed by atoms with Gasteiger partial charge in [0, 0.05) is 13.2 Å². The summed E-state index contributed by atoms with van der Waals surface area (Å²) in [6.07, 6.45) is 4.42. The average Bonchev–Trinajstić information content (AvgIpc) is 2.96. The maximum absolute atomic E-state index is 11.9. The highest BCUT2D eigenvalue weighted by molar-refractivity contribution is 7.89. The predicted molar refractivity (Wildman–Crippen MR) is 75.2 cm³/mol. The molecule has 0 aromatic carbocycles. The van der Waals surface area contributed by atoms with Crippen molar-refractivity contribution in [2.75, 3.05) is 13.2 Å². The number of sulfonamides is 1. The molecule has 21 heavy (non-hydrogen) atoms. The van der Waals surface area contributed by atoms with E-state index in [1.165, 1.54) is 0 Å². The summed E-state index contributed by atoms with van der Waals surface area (Å²) < 4.78 is 36.6. The number of hydrogen-bond acceptors (Lipinski definition) is 6. The van der Waals surface area contributed by atoms with E-state index in [2.05, 4.69) is 14.7 Å². The summed E-state index contributed by atoms with van der Waals surface area (Å²) in [5, 5.41) is 0.000256. The van der Waals surface area contributed by atoms with Crippen LogP contribution in [0.4, 0.5) is 0 Å². The fourth-order valence-electron chi connectivity index (χ4n) is 1.47. The topological polar surface area (TPSA) is 94.3 Å². The van der Waals surface area contributed by atoms with E-state index in [0.717, 1.165) is 18.2 Å². The molecule has 114 valence electrons. The highest BCUT2D eigenvalue weighted by Gasteiger charge is 2.14. The van der Waals surface area contributed by atoms with Crippen LogP contribution < -0.4 is 4.72 Å². The molecule has 2 rings (SSSR count). The van der Waals surface area contributed by atoms with Gasteiger partial charge in [0.2, 0.25) is 15.3 Å². The van der Waals surface area contributed by atoms with Crippen LogP contribution in [0.1, 0.15) is 12.2 Å². The molecular weight excluding hydrogens is 318 g/mol. The summed E-state index contributed by atoms with van der Waals surface area (Å²) in [5.41, 5.74) is 0. The molecule has 0 unspecified atom stereocenters. The SMILES string of the molecule is O=S(=O)(NCCCOCc1ccco1)c1cnc(Cl)nc1. The van der Waals surface area contributed by atoms with E-state index >= 15 is 0 Å². The monoisotopic (exact) mass is 331 g/mol. The van der Waals surface area contributed by atoms with Crippen LogP contribution in [-0.2, 0) is 21.4 Å². The van der Waals surface area contributed by atoms with Crippen molar-refractivity contribution in [1.82, 2.24) is 14.7 Å². The van der Waals surface area contributed by atoms with Gasteiger partial charge in [-0.15, -0.1) is 0 Å².